The van der Waals surface area contributed by atoms with Crippen LogP contribution in [-0.4, -0.2) is 11.8 Å². The summed E-state index contributed by atoms with van der Waals surface area (Å²) >= 11 is 0. The van der Waals surface area contributed by atoms with E-state index in [4.69, 9.17) is 0 Å². The first-order valence-electron chi connectivity index (χ1n) is 5.17. The highest BCUT2D eigenvalue weighted by Gasteiger charge is 2.29. The molecule has 1 aromatic rings. The van der Waals surface area contributed by atoms with E-state index in [1.54, 1.807) is 12.1 Å². The Hall–Kier alpha value is -1.71. The van der Waals surface area contributed by atoms with Crippen LogP contribution >= 0.6 is 0 Å². The second kappa shape index (κ2) is 4.04. The Labute approximate surface area is 92.7 Å². The molecule has 1 saturated heterocycles. The summed E-state index contributed by atoms with van der Waals surface area (Å²) in [6.45, 7) is 1.84. The van der Waals surface area contributed by atoms with Gasteiger partial charge in [-0.05, 0) is 19.4 Å². The number of nitrogens with one attached hydrogen (secondary N) is 1. The average Bonchev–Trinajstić information content (AvgIpc) is 2.22. The van der Waals surface area contributed by atoms with Gasteiger partial charge in [-0.2, -0.15) is 0 Å². The van der Waals surface area contributed by atoms with Gasteiger partial charge in [-0.25, -0.2) is 4.39 Å². The summed E-state index contributed by atoms with van der Waals surface area (Å²) in [6, 6.07) is 4.68. The van der Waals surface area contributed by atoms with E-state index in [0.29, 0.717) is 12.0 Å². The maximum absolute atomic E-state index is 13.6. The summed E-state index contributed by atoms with van der Waals surface area (Å²) < 4.78 is 13.6. The van der Waals surface area contributed by atoms with Crippen molar-refractivity contribution >= 4 is 11.8 Å². The minimum atomic E-state index is -0.544. The van der Waals surface area contributed by atoms with Crippen molar-refractivity contribution in [3.8, 4) is 0 Å². The number of halogens is 1. The molecule has 1 unspecified atom stereocenters. The average molecular weight is 221 g/mol. The van der Waals surface area contributed by atoms with Crippen molar-refractivity contribution in [2.45, 2.75) is 25.7 Å². The van der Waals surface area contributed by atoms with Crippen LogP contribution in [0.25, 0.3) is 0 Å². The lowest BCUT2D eigenvalue weighted by atomic mass is 9.89. The summed E-state index contributed by atoms with van der Waals surface area (Å²) in [5, 5.41) is 2.23. The maximum atomic E-state index is 13.6. The lowest BCUT2D eigenvalue weighted by Gasteiger charge is -2.21. The van der Waals surface area contributed by atoms with Gasteiger partial charge in [-0.15, -0.1) is 0 Å². The van der Waals surface area contributed by atoms with Crippen molar-refractivity contribution in [1.82, 2.24) is 5.32 Å². The number of aryl methyl sites for hydroxylation is 1. The molecule has 0 aliphatic carbocycles. The second-order valence-electron chi connectivity index (χ2n) is 4.03. The van der Waals surface area contributed by atoms with Crippen LogP contribution in [0.15, 0.2) is 18.2 Å². The van der Waals surface area contributed by atoms with Gasteiger partial charge >= 0.3 is 0 Å². The number of carbonyl (C=O) groups is 2. The molecule has 0 saturated carbocycles. The van der Waals surface area contributed by atoms with Crippen LogP contribution < -0.4 is 5.32 Å². The first-order chi connectivity index (χ1) is 7.58. The molecule has 3 nitrogen and oxygen atoms in total. The van der Waals surface area contributed by atoms with E-state index in [1.807, 2.05) is 6.92 Å². The van der Waals surface area contributed by atoms with E-state index >= 15 is 0 Å². The third-order valence-corrected chi connectivity index (χ3v) is 2.77. The predicted octanol–water partition coefficient (Wildman–Crippen LogP) is 1.65. The van der Waals surface area contributed by atoms with Gasteiger partial charge in [0.2, 0.25) is 11.8 Å². The lowest BCUT2D eigenvalue weighted by molar-refractivity contribution is -0.134. The summed E-state index contributed by atoms with van der Waals surface area (Å²) in [6.07, 6.45) is 0.648. The third kappa shape index (κ3) is 1.96. The minimum Gasteiger partial charge on any atom is -0.296 e. The van der Waals surface area contributed by atoms with Gasteiger partial charge in [0.05, 0.1) is 5.92 Å². The standard InChI is InChI=1S/C12H12FNO2/c1-7-2-4-10(13)9(6-7)8-3-5-11(15)14-12(8)16/h2,4,6,8H,3,5H2,1H3,(H,14,15,16). The molecule has 0 bridgehead atoms. The van der Waals surface area contributed by atoms with E-state index in [1.165, 1.54) is 6.07 Å². The zero-order chi connectivity index (χ0) is 11.7. The summed E-state index contributed by atoms with van der Waals surface area (Å²) in [5.74, 6) is -1.62. The summed E-state index contributed by atoms with van der Waals surface area (Å²) in [7, 11) is 0. The number of piperidine rings is 1. The topological polar surface area (TPSA) is 46.2 Å². The summed E-state index contributed by atoms with van der Waals surface area (Å²) in [5.41, 5.74) is 1.28. The van der Waals surface area contributed by atoms with Gasteiger partial charge < -0.3 is 0 Å². The molecule has 1 N–H and O–H groups in total. The number of amides is 2. The van der Waals surface area contributed by atoms with Crippen molar-refractivity contribution in [1.29, 1.82) is 0 Å². The Bertz CT molecular complexity index is 456. The molecule has 16 heavy (non-hydrogen) atoms. The van der Waals surface area contributed by atoms with Gasteiger partial charge in [0.1, 0.15) is 5.82 Å². The molecule has 1 atom stereocenters. The molecule has 1 heterocycles. The van der Waals surface area contributed by atoms with E-state index in [2.05, 4.69) is 5.32 Å². The Morgan fingerprint density at radius 3 is 2.81 bits per heavy atom. The van der Waals surface area contributed by atoms with Crippen LogP contribution in [0.4, 0.5) is 4.39 Å². The monoisotopic (exact) mass is 221 g/mol. The Morgan fingerprint density at radius 2 is 2.12 bits per heavy atom. The SMILES string of the molecule is Cc1ccc(F)c(C2CCC(=O)NC2=O)c1. The number of benzene rings is 1. The van der Waals surface area contributed by atoms with Crippen LogP contribution in [0.3, 0.4) is 0 Å². The minimum absolute atomic E-state index is 0.268. The van der Waals surface area contributed by atoms with E-state index in [9.17, 15) is 14.0 Å². The molecule has 84 valence electrons. The number of hydrogen-bond donors (Lipinski definition) is 1. The fraction of sp³-hybridized carbons (Fsp3) is 0.333. The molecular formula is C12H12FNO2. The number of imide groups is 1. The molecule has 1 aromatic carbocycles. The predicted molar refractivity (Wildman–Crippen MR) is 56.3 cm³/mol. The fourth-order valence-corrected chi connectivity index (χ4v) is 1.92. The van der Waals surface area contributed by atoms with Gasteiger partial charge in [0.15, 0.2) is 0 Å². The molecule has 0 radical (unpaired) electrons. The largest absolute Gasteiger partial charge is 0.296 e. The normalized spacial score (nSPS) is 20.8. The zero-order valence-corrected chi connectivity index (χ0v) is 8.92. The van der Waals surface area contributed by atoms with E-state index in [0.717, 1.165) is 5.56 Å². The number of carbonyl (C=O) groups excluding carboxylic acids is 2. The van der Waals surface area contributed by atoms with Crippen LogP contribution in [0.1, 0.15) is 29.9 Å². The quantitative estimate of drug-likeness (QED) is 0.733. The molecular weight excluding hydrogens is 209 g/mol. The molecule has 1 aliphatic rings. The van der Waals surface area contributed by atoms with Crippen LogP contribution in [0.2, 0.25) is 0 Å². The van der Waals surface area contributed by atoms with Crippen molar-refractivity contribution < 1.29 is 14.0 Å². The molecule has 0 spiro atoms. The van der Waals surface area contributed by atoms with Crippen LogP contribution in [0.5, 0.6) is 0 Å². The number of hydrogen-bond acceptors (Lipinski definition) is 2. The zero-order valence-electron chi connectivity index (χ0n) is 8.92. The Balaban J connectivity index is 2.33. The molecule has 2 rings (SSSR count). The van der Waals surface area contributed by atoms with Crippen molar-refractivity contribution in [2.75, 3.05) is 0 Å². The Morgan fingerprint density at radius 1 is 1.38 bits per heavy atom. The highest BCUT2D eigenvalue weighted by atomic mass is 19.1. The van der Waals surface area contributed by atoms with Gasteiger partial charge in [0.25, 0.3) is 0 Å². The fourth-order valence-electron chi connectivity index (χ4n) is 1.92. The van der Waals surface area contributed by atoms with Gasteiger partial charge in [-0.3, -0.25) is 14.9 Å². The lowest BCUT2D eigenvalue weighted by Crippen LogP contribution is -2.39. The number of rotatable bonds is 1. The van der Waals surface area contributed by atoms with Crippen molar-refractivity contribution in [2.24, 2.45) is 0 Å². The van der Waals surface area contributed by atoms with E-state index in [-0.39, 0.29) is 18.1 Å². The van der Waals surface area contributed by atoms with Crippen LogP contribution in [0, 0.1) is 12.7 Å². The Kier molecular flexibility index (Phi) is 2.73. The van der Waals surface area contributed by atoms with Crippen molar-refractivity contribution in [3.05, 3.63) is 35.1 Å². The van der Waals surface area contributed by atoms with Gasteiger partial charge in [-0.1, -0.05) is 17.7 Å². The molecule has 4 heteroatoms. The first-order valence-corrected chi connectivity index (χ1v) is 5.17. The highest BCUT2D eigenvalue weighted by molar-refractivity contribution is 6.00. The summed E-state index contributed by atoms with van der Waals surface area (Å²) in [4.78, 5) is 22.5. The highest BCUT2D eigenvalue weighted by Crippen LogP contribution is 2.27. The van der Waals surface area contributed by atoms with E-state index < -0.39 is 11.8 Å². The molecule has 1 aliphatic heterocycles. The molecule has 0 aromatic heterocycles. The molecule has 1 fully saturated rings. The first kappa shape index (κ1) is 10.8. The maximum Gasteiger partial charge on any atom is 0.234 e. The molecule has 2 amide bonds. The van der Waals surface area contributed by atoms with Gasteiger partial charge in [0, 0.05) is 12.0 Å². The third-order valence-electron chi connectivity index (χ3n) is 2.77. The smallest absolute Gasteiger partial charge is 0.234 e. The van der Waals surface area contributed by atoms with Crippen LogP contribution in [-0.2, 0) is 9.59 Å². The van der Waals surface area contributed by atoms with Crippen molar-refractivity contribution in [3.63, 3.8) is 0 Å². The second-order valence-corrected chi connectivity index (χ2v) is 4.03.